The Morgan fingerprint density at radius 2 is 1.84 bits per heavy atom. The zero-order valence-electron chi connectivity index (χ0n) is 13.1. The summed E-state index contributed by atoms with van der Waals surface area (Å²) in [6, 6.07) is 10.1. The van der Waals surface area contributed by atoms with Crippen molar-refractivity contribution in [1.29, 1.82) is 0 Å². The Morgan fingerprint density at radius 1 is 1.16 bits per heavy atom. The molecule has 1 amide bonds. The predicted molar refractivity (Wildman–Crippen MR) is 96.1 cm³/mol. The monoisotopic (exact) mass is 381 g/mol. The summed E-state index contributed by atoms with van der Waals surface area (Å²) in [5, 5.41) is 3.39. The molecule has 1 unspecified atom stereocenters. The Bertz CT molecular complexity index is 806. The predicted octanol–water partition coefficient (Wildman–Crippen LogP) is 4.72. The quantitative estimate of drug-likeness (QED) is 0.602. The van der Waals surface area contributed by atoms with Gasteiger partial charge in [0.1, 0.15) is 5.82 Å². The zero-order chi connectivity index (χ0) is 18.4. The summed E-state index contributed by atoms with van der Waals surface area (Å²) in [5.41, 5.74) is 0.990. The first kappa shape index (κ1) is 19.0. The first-order valence-corrected chi connectivity index (χ1v) is 8.01. The maximum atomic E-state index is 12.8. The van der Waals surface area contributed by atoms with Crippen LogP contribution in [0.1, 0.15) is 12.5 Å². The van der Waals surface area contributed by atoms with Crippen molar-refractivity contribution >= 4 is 46.8 Å². The van der Waals surface area contributed by atoms with Crippen molar-refractivity contribution in [2.45, 2.75) is 13.0 Å². The van der Waals surface area contributed by atoms with E-state index in [1.54, 1.807) is 18.2 Å². The molecule has 0 aromatic heterocycles. The average Bonchev–Trinajstić information content (AvgIpc) is 2.56. The maximum Gasteiger partial charge on any atom is 0.331 e. The zero-order valence-corrected chi connectivity index (χ0v) is 14.6. The van der Waals surface area contributed by atoms with Crippen molar-refractivity contribution in [3.8, 4) is 0 Å². The third-order valence-electron chi connectivity index (χ3n) is 3.14. The van der Waals surface area contributed by atoms with Gasteiger partial charge in [0, 0.05) is 21.8 Å². The Kier molecular flexibility index (Phi) is 6.56. The first-order chi connectivity index (χ1) is 11.8. The van der Waals surface area contributed by atoms with Crippen LogP contribution in [-0.4, -0.2) is 18.0 Å². The Labute approximate surface area is 154 Å². The van der Waals surface area contributed by atoms with Crippen molar-refractivity contribution in [1.82, 2.24) is 0 Å². The van der Waals surface area contributed by atoms with Gasteiger partial charge in [-0.3, -0.25) is 4.79 Å². The second kappa shape index (κ2) is 8.65. The molecule has 0 aliphatic carbocycles. The molecule has 0 saturated heterocycles. The first-order valence-electron chi connectivity index (χ1n) is 7.25. The summed E-state index contributed by atoms with van der Waals surface area (Å²) >= 11 is 11.8. The van der Waals surface area contributed by atoms with E-state index in [0.29, 0.717) is 21.3 Å². The minimum absolute atomic E-state index is 0.388. The number of rotatable bonds is 5. The molecule has 1 atom stereocenters. The lowest BCUT2D eigenvalue weighted by Gasteiger charge is -2.12. The van der Waals surface area contributed by atoms with E-state index in [-0.39, 0.29) is 0 Å². The number of hydrogen-bond donors (Lipinski definition) is 1. The van der Waals surface area contributed by atoms with Gasteiger partial charge in [-0.25, -0.2) is 9.18 Å². The standard InChI is InChI=1S/C18H14Cl2FNO3/c1-11(18(24)22-15-7-5-14(21)6-8-15)25-17(23)9-3-12-2-4-13(19)10-16(12)20/h2-11H,1H3,(H,22,24). The van der Waals surface area contributed by atoms with E-state index in [9.17, 15) is 14.0 Å². The summed E-state index contributed by atoms with van der Waals surface area (Å²) in [6.07, 6.45) is 1.60. The van der Waals surface area contributed by atoms with Gasteiger partial charge in [0.2, 0.25) is 0 Å². The van der Waals surface area contributed by atoms with Gasteiger partial charge < -0.3 is 10.1 Å². The molecule has 0 saturated carbocycles. The lowest BCUT2D eigenvalue weighted by Crippen LogP contribution is -2.29. The summed E-state index contributed by atoms with van der Waals surface area (Å²) in [6.45, 7) is 1.43. The molecule has 0 fully saturated rings. The van der Waals surface area contributed by atoms with E-state index >= 15 is 0 Å². The molecule has 7 heteroatoms. The second-order valence-corrected chi connectivity index (χ2v) is 5.92. The maximum absolute atomic E-state index is 12.8. The van der Waals surface area contributed by atoms with Crippen LogP contribution < -0.4 is 5.32 Å². The Balaban J connectivity index is 1.91. The van der Waals surface area contributed by atoms with E-state index in [4.69, 9.17) is 27.9 Å². The van der Waals surface area contributed by atoms with Crippen LogP contribution in [0.5, 0.6) is 0 Å². The number of nitrogens with one attached hydrogen (secondary N) is 1. The summed E-state index contributed by atoms with van der Waals surface area (Å²) in [7, 11) is 0. The molecule has 0 spiro atoms. The summed E-state index contributed by atoms with van der Waals surface area (Å²) in [4.78, 5) is 23.8. The molecule has 1 N–H and O–H groups in total. The molecular formula is C18H14Cl2FNO3. The minimum atomic E-state index is -1.03. The fourth-order valence-electron chi connectivity index (χ4n) is 1.84. The fourth-order valence-corrected chi connectivity index (χ4v) is 2.31. The van der Waals surface area contributed by atoms with Gasteiger partial charge in [0.25, 0.3) is 5.91 Å². The Morgan fingerprint density at radius 3 is 2.48 bits per heavy atom. The second-order valence-electron chi connectivity index (χ2n) is 5.07. The van der Waals surface area contributed by atoms with Gasteiger partial charge in [-0.05, 0) is 55.0 Å². The SMILES string of the molecule is CC(OC(=O)C=Cc1ccc(Cl)cc1Cl)C(=O)Nc1ccc(F)cc1. The third kappa shape index (κ3) is 5.89. The molecule has 2 aromatic rings. The summed E-state index contributed by atoms with van der Waals surface area (Å²) < 4.78 is 17.8. The number of halogens is 3. The van der Waals surface area contributed by atoms with Crippen molar-refractivity contribution in [3.63, 3.8) is 0 Å². The van der Waals surface area contributed by atoms with Crippen LogP contribution in [0.25, 0.3) is 6.08 Å². The molecule has 2 rings (SSSR count). The molecule has 4 nitrogen and oxygen atoms in total. The number of benzene rings is 2. The average molecular weight is 382 g/mol. The molecule has 0 aliphatic rings. The number of hydrogen-bond acceptors (Lipinski definition) is 3. The molecule has 25 heavy (non-hydrogen) atoms. The number of carbonyl (C=O) groups excluding carboxylic acids is 2. The van der Waals surface area contributed by atoms with Crippen LogP contribution in [0.2, 0.25) is 10.0 Å². The minimum Gasteiger partial charge on any atom is -0.449 e. The molecule has 2 aromatic carbocycles. The summed E-state index contributed by atoms with van der Waals surface area (Å²) in [5.74, 6) is -1.64. The van der Waals surface area contributed by atoms with Gasteiger partial charge in [-0.1, -0.05) is 29.3 Å². The van der Waals surface area contributed by atoms with E-state index in [1.165, 1.54) is 37.3 Å². The normalized spacial score (nSPS) is 12.0. The van der Waals surface area contributed by atoms with Crippen LogP contribution in [0.4, 0.5) is 10.1 Å². The van der Waals surface area contributed by atoms with E-state index in [0.717, 1.165) is 6.08 Å². The third-order valence-corrected chi connectivity index (χ3v) is 3.70. The lowest BCUT2D eigenvalue weighted by atomic mass is 10.2. The van der Waals surface area contributed by atoms with Crippen molar-refractivity contribution in [3.05, 3.63) is 70.0 Å². The van der Waals surface area contributed by atoms with Crippen LogP contribution in [-0.2, 0) is 14.3 Å². The van der Waals surface area contributed by atoms with Crippen molar-refractivity contribution < 1.29 is 18.7 Å². The number of amides is 1. The van der Waals surface area contributed by atoms with Crippen molar-refractivity contribution in [2.24, 2.45) is 0 Å². The molecule has 0 radical (unpaired) electrons. The molecular weight excluding hydrogens is 368 g/mol. The molecule has 0 aliphatic heterocycles. The topological polar surface area (TPSA) is 55.4 Å². The van der Waals surface area contributed by atoms with Crippen LogP contribution >= 0.6 is 23.2 Å². The number of ether oxygens (including phenoxy) is 1. The van der Waals surface area contributed by atoms with Gasteiger partial charge in [0.05, 0.1) is 0 Å². The molecule has 130 valence electrons. The number of esters is 1. The lowest BCUT2D eigenvalue weighted by molar-refractivity contribution is -0.148. The van der Waals surface area contributed by atoms with E-state index in [1.807, 2.05) is 0 Å². The van der Waals surface area contributed by atoms with Crippen LogP contribution in [0.3, 0.4) is 0 Å². The fraction of sp³-hybridized carbons (Fsp3) is 0.111. The smallest absolute Gasteiger partial charge is 0.331 e. The van der Waals surface area contributed by atoms with Crippen LogP contribution in [0, 0.1) is 5.82 Å². The van der Waals surface area contributed by atoms with Gasteiger partial charge in [-0.15, -0.1) is 0 Å². The Hall–Kier alpha value is -2.37. The highest BCUT2D eigenvalue weighted by molar-refractivity contribution is 6.35. The van der Waals surface area contributed by atoms with E-state index < -0.39 is 23.8 Å². The van der Waals surface area contributed by atoms with Gasteiger partial charge >= 0.3 is 5.97 Å². The van der Waals surface area contributed by atoms with E-state index in [2.05, 4.69) is 5.32 Å². The molecule has 0 bridgehead atoms. The van der Waals surface area contributed by atoms with Crippen LogP contribution in [0.15, 0.2) is 48.5 Å². The van der Waals surface area contributed by atoms with Crippen molar-refractivity contribution in [2.75, 3.05) is 5.32 Å². The molecule has 0 heterocycles. The highest BCUT2D eigenvalue weighted by atomic mass is 35.5. The highest BCUT2D eigenvalue weighted by Gasteiger charge is 2.16. The highest BCUT2D eigenvalue weighted by Crippen LogP contribution is 2.22. The largest absolute Gasteiger partial charge is 0.449 e. The van der Waals surface area contributed by atoms with Gasteiger partial charge in [-0.2, -0.15) is 0 Å². The van der Waals surface area contributed by atoms with Gasteiger partial charge in [0.15, 0.2) is 6.10 Å². The number of anilines is 1. The number of carbonyl (C=O) groups is 2.